The first-order valence-corrected chi connectivity index (χ1v) is 7.81. The van der Waals surface area contributed by atoms with Gasteiger partial charge in [0.15, 0.2) is 0 Å². The van der Waals surface area contributed by atoms with Crippen molar-refractivity contribution >= 4 is 33.0 Å². The van der Waals surface area contributed by atoms with Crippen LogP contribution in [0.3, 0.4) is 0 Å². The van der Waals surface area contributed by atoms with Crippen molar-refractivity contribution in [2.45, 2.75) is 18.2 Å². The number of halogens is 1. The third kappa shape index (κ3) is 3.02. The molecule has 0 fully saturated rings. The van der Waals surface area contributed by atoms with Gasteiger partial charge in [-0.05, 0) is 30.2 Å². The van der Waals surface area contributed by atoms with E-state index in [-0.39, 0.29) is 15.6 Å². The molecule has 0 aliphatic heterocycles. The summed E-state index contributed by atoms with van der Waals surface area (Å²) < 4.78 is 27.3. The van der Waals surface area contributed by atoms with Gasteiger partial charge in [-0.1, -0.05) is 24.6 Å². The molecule has 1 heterocycles. The van der Waals surface area contributed by atoms with E-state index in [4.69, 9.17) is 17.3 Å². The highest BCUT2D eigenvalue weighted by Crippen LogP contribution is 2.26. The number of aryl methyl sites for hydroxylation is 1. The van der Waals surface area contributed by atoms with Crippen LogP contribution in [0.25, 0.3) is 0 Å². The predicted octanol–water partition coefficient (Wildman–Crippen LogP) is 2.68. The number of nitrogens with two attached hydrogens (primary N) is 1. The van der Waals surface area contributed by atoms with E-state index in [0.29, 0.717) is 17.7 Å². The first-order chi connectivity index (χ1) is 9.44. The number of anilines is 2. The van der Waals surface area contributed by atoms with Crippen molar-refractivity contribution in [2.75, 3.05) is 10.5 Å². The standard InChI is InChI=1S/C13H14ClN3O2S/c1-2-9-3-4-10(15)7-13(9)20(18,19)17-12-8-16-6-5-11(12)14/h3-8,17H,2,15H2,1H3. The van der Waals surface area contributed by atoms with Crippen molar-refractivity contribution in [1.82, 2.24) is 4.98 Å². The average molecular weight is 312 g/mol. The number of rotatable bonds is 4. The minimum absolute atomic E-state index is 0.153. The molecule has 20 heavy (non-hydrogen) atoms. The summed E-state index contributed by atoms with van der Waals surface area (Å²) in [4.78, 5) is 4.00. The highest BCUT2D eigenvalue weighted by molar-refractivity contribution is 7.92. The summed E-state index contributed by atoms with van der Waals surface area (Å²) in [5.74, 6) is 0. The quantitative estimate of drug-likeness (QED) is 0.850. The molecule has 0 aliphatic carbocycles. The smallest absolute Gasteiger partial charge is 0.262 e. The van der Waals surface area contributed by atoms with Crippen LogP contribution in [-0.4, -0.2) is 13.4 Å². The molecular formula is C13H14ClN3O2S. The van der Waals surface area contributed by atoms with Crippen LogP contribution in [0, 0.1) is 0 Å². The van der Waals surface area contributed by atoms with E-state index in [1.807, 2.05) is 6.92 Å². The van der Waals surface area contributed by atoms with Gasteiger partial charge in [0.1, 0.15) is 0 Å². The van der Waals surface area contributed by atoms with Crippen LogP contribution in [0.2, 0.25) is 5.02 Å². The van der Waals surface area contributed by atoms with E-state index in [0.717, 1.165) is 0 Å². The van der Waals surface area contributed by atoms with Gasteiger partial charge in [-0.15, -0.1) is 0 Å². The first-order valence-electron chi connectivity index (χ1n) is 5.95. The van der Waals surface area contributed by atoms with E-state index >= 15 is 0 Å². The number of hydrogen-bond acceptors (Lipinski definition) is 4. The van der Waals surface area contributed by atoms with Gasteiger partial charge in [-0.25, -0.2) is 8.42 Å². The number of benzene rings is 1. The van der Waals surface area contributed by atoms with Crippen LogP contribution >= 0.6 is 11.6 Å². The molecule has 7 heteroatoms. The summed E-state index contributed by atoms with van der Waals surface area (Å²) in [6, 6.07) is 6.33. The molecule has 0 radical (unpaired) electrons. The number of nitrogens with zero attached hydrogens (tertiary/aromatic N) is 1. The summed E-state index contributed by atoms with van der Waals surface area (Å²) >= 11 is 5.93. The molecule has 0 saturated carbocycles. The summed E-state index contributed by atoms with van der Waals surface area (Å²) in [6.45, 7) is 1.88. The van der Waals surface area contributed by atoms with Gasteiger partial charge in [0.2, 0.25) is 0 Å². The van der Waals surface area contributed by atoms with E-state index < -0.39 is 10.0 Å². The van der Waals surface area contributed by atoms with Gasteiger partial charge in [-0.3, -0.25) is 9.71 Å². The highest BCUT2D eigenvalue weighted by atomic mass is 35.5. The number of nitrogens with one attached hydrogen (secondary N) is 1. The van der Waals surface area contributed by atoms with Gasteiger partial charge < -0.3 is 5.73 Å². The van der Waals surface area contributed by atoms with Crippen LogP contribution in [0.5, 0.6) is 0 Å². The molecule has 106 valence electrons. The van der Waals surface area contributed by atoms with Crippen LogP contribution < -0.4 is 10.5 Å². The molecule has 3 N–H and O–H groups in total. The normalized spacial score (nSPS) is 11.3. The molecule has 0 bridgehead atoms. The van der Waals surface area contributed by atoms with E-state index in [1.54, 1.807) is 12.1 Å². The maximum absolute atomic E-state index is 12.4. The van der Waals surface area contributed by atoms with Gasteiger partial charge in [-0.2, -0.15) is 0 Å². The third-order valence-corrected chi connectivity index (χ3v) is 4.55. The van der Waals surface area contributed by atoms with Crippen molar-refractivity contribution in [3.8, 4) is 0 Å². The van der Waals surface area contributed by atoms with Crippen molar-refractivity contribution in [1.29, 1.82) is 0 Å². The lowest BCUT2D eigenvalue weighted by Gasteiger charge is -2.12. The Balaban J connectivity index is 2.46. The Labute approximate surface area is 122 Å². The molecule has 2 rings (SSSR count). The average Bonchev–Trinajstić information content (AvgIpc) is 2.41. The van der Waals surface area contributed by atoms with Gasteiger partial charge >= 0.3 is 0 Å². The Morgan fingerprint density at radius 2 is 2.10 bits per heavy atom. The molecule has 0 atom stereocenters. The SMILES string of the molecule is CCc1ccc(N)cc1S(=O)(=O)Nc1cnccc1Cl. The Kier molecular flexibility index (Phi) is 4.15. The van der Waals surface area contributed by atoms with Crippen LogP contribution in [-0.2, 0) is 16.4 Å². The van der Waals surface area contributed by atoms with Crippen molar-refractivity contribution in [3.05, 3.63) is 47.2 Å². The van der Waals surface area contributed by atoms with E-state index in [9.17, 15) is 8.42 Å². The molecule has 0 aliphatic rings. The molecule has 2 aromatic rings. The zero-order chi connectivity index (χ0) is 14.8. The second kappa shape index (κ2) is 5.68. The summed E-state index contributed by atoms with van der Waals surface area (Å²) in [5.41, 5.74) is 6.98. The van der Waals surface area contributed by atoms with E-state index in [2.05, 4.69) is 9.71 Å². The Bertz CT molecular complexity index is 732. The Morgan fingerprint density at radius 3 is 2.75 bits per heavy atom. The highest BCUT2D eigenvalue weighted by Gasteiger charge is 2.19. The molecule has 1 aromatic heterocycles. The first kappa shape index (κ1) is 14.6. The largest absolute Gasteiger partial charge is 0.399 e. The van der Waals surface area contributed by atoms with Crippen molar-refractivity contribution < 1.29 is 8.42 Å². The fraction of sp³-hybridized carbons (Fsp3) is 0.154. The van der Waals surface area contributed by atoms with Crippen LogP contribution in [0.1, 0.15) is 12.5 Å². The molecule has 0 saturated heterocycles. The van der Waals surface area contributed by atoms with Crippen molar-refractivity contribution in [2.24, 2.45) is 0 Å². The molecule has 0 spiro atoms. The number of pyridine rings is 1. The number of aromatic nitrogens is 1. The summed E-state index contributed by atoms with van der Waals surface area (Å²) in [6.07, 6.45) is 3.42. The predicted molar refractivity (Wildman–Crippen MR) is 80.3 cm³/mol. The van der Waals surface area contributed by atoms with E-state index in [1.165, 1.54) is 24.5 Å². The zero-order valence-electron chi connectivity index (χ0n) is 10.8. The lowest BCUT2D eigenvalue weighted by molar-refractivity contribution is 0.600. The lowest BCUT2D eigenvalue weighted by Crippen LogP contribution is -2.15. The maximum atomic E-state index is 12.4. The fourth-order valence-electron chi connectivity index (χ4n) is 1.77. The fourth-order valence-corrected chi connectivity index (χ4v) is 3.39. The Morgan fingerprint density at radius 1 is 1.35 bits per heavy atom. The number of hydrogen-bond donors (Lipinski definition) is 2. The molecule has 1 aromatic carbocycles. The third-order valence-electron chi connectivity index (χ3n) is 2.77. The lowest BCUT2D eigenvalue weighted by atomic mass is 10.1. The molecular weight excluding hydrogens is 298 g/mol. The second-order valence-corrected chi connectivity index (χ2v) is 6.24. The maximum Gasteiger partial charge on any atom is 0.262 e. The summed E-state index contributed by atoms with van der Waals surface area (Å²) in [5, 5.41) is 0.283. The van der Waals surface area contributed by atoms with Gasteiger partial charge in [0.25, 0.3) is 10.0 Å². The number of nitrogen functional groups attached to an aromatic ring is 1. The topological polar surface area (TPSA) is 85.1 Å². The minimum Gasteiger partial charge on any atom is -0.399 e. The monoisotopic (exact) mass is 311 g/mol. The van der Waals surface area contributed by atoms with Gasteiger partial charge in [0, 0.05) is 11.9 Å². The van der Waals surface area contributed by atoms with Gasteiger partial charge in [0.05, 0.1) is 21.8 Å². The zero-order valence-corrected chi connectivity index (χ0v) is 12.4. The van der Waals surface area contributed by atoms with Crippen LogP contribution in [0.15, 0.2) is 41.6 Å². The second-order valence-electron chi connectivity index (χ2n) is 4.18. The van der Waals surface area contributed by atoms with Crippen LogP contribution in [0.4, 0.5) is 11.4 Å². The minimum atomic E-state index is -3.76. The summed E-state index contributed by atoms with van der Waals surface area (Å²) in [7, 11) is -3.76. The molecule has 0 amide bonds. The number of sulfonamides is 1. The Hall–Kier alpha value is -1.79. The molecule has 0 unspecified atom stereocenters. The van der Waals surface area contributed by atoms with Crippen molar-refractivity contribution in [3.63, 3.8) is 0 Å². The molecule has 5 nitrogen and oxygen atoms in total.